The van der Waals surface area contributed by atoms with Gasteiger partial charge in [-0.3, -0.25) is 0 Å². The van der Waals surface area contributed by atoms with Crippen molar-refractivity contribution in [3.63, 3.8) is 0 Å². The fourth-order valence-electron chi connectivity index (χ4n) is 6.47. The fourth-order valence-corrected chi connectivity index (χ4v) is 6.47. The minimum Gasteiger partial charge on any atom is -0.312 e. The molecule has 4 bridgehead atoms. The molecule has 4 fully saturated rings. The van der Waals surface area contributed by atoms with Gasteiger partial charge in [0.25, 0.3) is 0 Å². The Morgan fingerprint density at radius 3 is 2.35 bits per heavy atom. The van der Waals surface area contributed by atoms with Gasteiger partial charge in [-0.15, -0.1) is 0 Å². The van der Waals surface area contributed by atoms with Crippen LogP contribution < -0.4 is 5.32 Å². The Balaban J connectivity index is 1.63. The molecule has 4 aliphatic carbocycles. The Labute approximate surface area is 122 Å². The van der Waals surface area contributed by atoms with Crippen molar-refractivity contribution >= 4 is 0 Å². The molecule has 1 heterocycles. The Bertz CT molecular complexity index is 509. The molecule has 5 aliphatic rings. The van der Waals surface area contributed by atoms with Crippen LogP contribution in [0.4, 0.5) is 0 Å². The summed E-state index contributed by atoms with van der Waals surface area (Å²) in [5, 5.41) is 3.54. The molecule has 4 saturated carbocycles. The van der Waals surface area contributed by atoms with Gasteiger partial charge in [-0.2, -0.15) is 0 Å². The molecule has 20 heavy (non-hydrogen) atoms. The van der Waals surface area contributed by atoms with Crippen LogP contribution in [0.15, 0.2) is 18.2 Å². The SMILES string of the molecule is c1cc2c(c(C34CC5CC(CC(C5)C3)C4)c1)CCNC2. The van der Waals surface area contributed by atoms with E-state index in [1.807, 2.05) is 0 Å². The molecule has 1 heteroatoms. The molecule has 0 spiro atoms. The molecule has 1 aromatic carbocycles. The van der Waals surface area contributed by atoms with Crippen molar-refractivity contribution in [2.24, 2.45) is 17.8 Å². The highest BCUT2D eigenvalue weighted by atomic mass is 14.9. The Kier molecular flexibility index (Phi) is 2.42. The molecule has 1 aliphatic heterocycles. The van der Waals surface area contributed by atoms with Gasteiger partial charge >= 0.3 is 0 Å². The molecule has 0 aromatic heterocycles. The molecule has 1 nitrogen and oxygen atoms in total. The van der Waals surface area contributed by atoms with E-state index in [4.69, 9.17) is 0 Å². The first-order chi connectivity index (χ1) is 9.82. The van der Waals surface area contributed by atoms with Crippen molar-refractivity contribution in [1.29, 1.82) is 0 Å². The molecule has 0 unspecified atom stereocenters. The lowest BCUT2D eigenvalue weighted by molar-refractivity contribution is -0.00566. The quantitative estimate of drug-likeness (QED) is 0.816. The van der Waals surface area contributed by atoms with Gasteiger partial charge in [0.2, 0.25) is 0 Å². The van der Waals surface area contributed by atoms with E-state index in [2.05, 4.69) is 23.5 Å². The number of benzene rings is 1. The monoisotopic (exact) mass is 267 g/mol. The van der Waals surface area contributed by atoms with Gasteiger partial charge in [-0.25, -0.2) is 0 Å². The summed E-state index contributed by atoms with van der Waals surface area (Å²) < 4.78 is 0. The van der Waals surface area contributed by atoms with Crippen LogP contribution in [-0.2, 0) is 18.4 Å². The Hall–Kier alpha value is -0.820. The highest BCUT2D eigenvalue weighted by Crippen LogP contribution is 2.61. The summed E-state index contributed by atoms with van der Waals surface area (Å²) in [7, 11) is 0. The van der Waals surface area contributed by atoms with Crippen molar-refractivity contribution < 1.29 is 0 Å². The summed E-state index contributed by atoms with van der Waals surface area (Å²) in [5.74, 6) is 3.16. The third-order valence-corrected chi connectivity index (χ3v) is 6.75. The summed E-state index contributed by atoms with van der Waals surface area (Å²) in [5.41, 5.74) is 5.67. The van der Waals surface area contributed by atoms with Crippen LogP contribution in [0.2, 0.25) is 0 Å². The van der Waals surface area contributed by atoms with E-state index in [-0.39, 0.29) is 0 Å². The minimum atomic E-state index is 0.581. The molecule has 1 N–H and O–H groups in total. The van der Waals surface area contributed by atoms with Crippen molar-refractivity contribution in [3.8, 4) is 0 Å². The van der Waals surface area contributed by atoms with Crippen LogP contribution in [0.25, 0.3) is 0 Å². The van der Waals surface area contributed by atoms with Crippen LogP contribution in [0, 0.1) is 17.8 Å². The summed E-state index contributed by atoms with van der Waals surface area (Å²) in [6.45, 7) is 2.27. The smallest absolute Gasteiger partial charge is 0.0208 e. The lowest BCUT2D eigenvalue weighted by Gasteiger charge is -2.57. The predicted molar refractivity (Wildman–Crippen MR) is 81.7 cm³/mol. The molecule has 0 radical (unpaired) electrons. The zero-order valence-electron chi connectivity index (χ0n) is 12.3. The first kappa shape index (κ1) is 11.8. The van der Waals surface area contributed by atoms with E-state index in [1.54, 1.807) is 36.0 Å². The van der Waals surface area contributed by atoms with Crippen LogP contribution in [-0.4, -0.2) is 6.54 Å². The van der Waals surface area contributed by atoms with E-state index in [0.717, 1.165) is 24.3 Å². The lowest BCUT2D eigenvalue weighted by atomic mass is 9.47. The average molecular weight is 267 g/mol. The van der Waals surface area contributed by atoms with E-state index in [9.17, 15) is 0 Å². The number of hydrogen-bond acceptors (Lipinski definition) is 1. The second-order valence-corrected chi connectivity index (χ2v) is 8.07. The number of nitrogens with one attached hydrogen (secondary N) is 1. The maximum Gasteiger partial charge on any atom is 0.0208 e. The topological polar surface area (TPSA) is 12.0 Å². The molecule has 6 rings (SSSR count). The van der Waals surface area contributed by atoms with E-state index in [1.165, 1.54) is 32.2 Å². The third kappa shape index (κ3) is 1.59. The van der Waals surface area contributed by atoms with Crippen LogP contribution in [0.1, 0.15) is 55.2 Å². The normalized spacial score (nSPS) is 41.7. The highest BCUT2D eigenvalue weighted by molar-refractivity contribution is 5.43. The lowest BCUT2D eigenvalue weighted by Crippen LogP contribution is -2.49. The molecular formula is C19H25N. The molecule has 0 amide bonds. The first-order valence-electron chi connectivity index (χ1n) is 8.64. The van der Waals surface area contributed by atoms with Gasteiger partial charge in [0, 0.05) is 6.54 Å². The maximum atomic E-state index is 3.54. The maximum absolute atomic E-state index is 3.54. The van der Waals surface area contributed by atoms with Crippen molar-refractivity contribution in [2.75, 3.05) is 6.54 Å². The third-order valence-electron chi connectivity index (χ3n) is 6.75. The van der Waals surface area contributed by atoms with Gasteiger partial charge in [-0.1, -0.05) is 18.2 Å². The van der Waals surface area contributed by atoms with E-state index in [0.29, 0.717) is 5.41 Å². The molecule has 1 aromatic rings. The minimum absolute atomic E-state index is 0.581. The second kappa shape index (κ2) is 4.10. The fraction of sp³-hybridized carbons (Fsp3) is 0.684. The van der Waals surface area contributed by atoms with Crippen LogP contribution in [0.3, 0.4) is 0 Å². The van der Waals surface area contributed by atoms with Crippen LogP contribution in [0.5, 0.6) is 0 Å². The molecule has 0 atom stereocenters. The highest BCUT2D eigenvalue weighted by Gasteiger charge is 2.52. The van der Waals surface area contributed by atoms with Crippen molar-refractivity contribution in [3.05, 3.63) is 34.9 Å². The number of rotatable bonds is 1. The summed E-state index contributed by atoms with van der Waals surface area (Å²) in [6.07, 6.45) is 10.4. The zero-order valence-corrected chi connectivity index (χ0v) is 12.3. The Morgan fingerprint density at radius 1 is 0.950 bits per heavy atom. The predicted octanol–water partition coefficient (Wildman–Crippen LogP) is 3.80. The number of hydrogen-bond donors (Lipinski definition) is 1. The second-order valence-electron chi connectivity index (χ2n) is 8.07. The van der Waals surface area contributed by atoms with Gasteiger partial charge in [-0.05, 0) is 91.3 Å². The van der Waals surface area contributed by atoms with Gasteiger partial charge < -0.3 is 5.32 Å². The Morgan fingerprint density at radius 2 is 1.65 bits per heavy atom. The summed E-state index contributed by atoms with van der Waals surface area (Å²) in [4.78, 5) is 0. The van der Waals surface area contributed by atoms with Crippen molar-refractivity contribution in [2.45, 2.75) is 56.9 Å². The summed E-state index contributed by atoms with van der Waals surface area (Å²) in [6, 6.07) is 7.18. The molecule has 106 valence electrons. The van der Waals surface area contributed by atoms with Crippen molar-refractivity contribution in [1.82, 2.24) is 5.32 Å². The zero-order chi connectivity index (χ0) is 13.2. The average Bonchev–Trinajstić information content (AvgIpc) is 2.45. The van der Waals surface area contributed by atoms with Gasteiger partial charge in [0.15, 0.2) is 0 Å². The van der Waals surface area contributed by atoms with Gasteiger partial charge in [0.05, 0.1) is 0 Å². The number of fused-ring (bicyclic) bond motifs is 1. The van der Waals surface area contributed by atoms with E-state index < -0.39 is 0 Å². The summed E-state index contributed by atoms with van der Waals surface area (Å²) >= 11 is 0. The van der Waals surface area contributed by atoms with Gasteiger partial charge in [0.1, 0.15) is 0 Å². The van der Waals surface area contributed by atoms with E-state index >= 15 is 0 Å². The standard InChI is InChI=1S/C19H25N/c1-2-16-12-20-5-4-17(16)18(3-1)19-9-13-6-14(10-19)8-15(7-13)11-19/h1-3,13-15,20H,4-12H2. The first-order valence-corrected chi connectivity index (χ1v) is 8.64. The largest absolute Gasteiger partial charge is 0.312 e. The molecular weight excluding hydrogens is 242 g/mol. The molecule has 0 saturated heterocycles. The van der Waals surface area contributed by atoms with Crippen LogP contribution >= 0.6 is 0 Å².